The van der Waals surface area contributed by atoms with Crippen molar-refractivity contribution in [2.75, 3.05) is 24.5 Å². The topological polar surface area (TPSA) is 29.3 Å². The van der Waals surface area contributed by atoms with Crippen molar-refractivity contribution in [2.24, 2.45) is 11.7 Å². The van der Waals surface area contributed by atoms with Crippen LogP contribution in [0.15, 0.2) is 12.1 Å². The smallest absolute Gasteiger partial charge is 0.149 e. The molecule has 0 spiro atoms. The molecule has 1 saturated heterocycles. The molecule has 2 nitrogen and oxygen atoms in total. The molecular weight excluding hydrogens is 246 g/mol. The lowest BCUT2D eigenvalue weighted by Gasteiger charge is -2.24. The first-order chi connectivity index (χ1) is 9.11. The van der Waals surface area contributed by atoms with Gasteiger partial charge in [-0.3, -0.25) is 0 Å². The van der Waals surface area contributed by atoms with Gasteiger partial charge in [0.05, 0.1) is 0 Å². The molecule has 4 heteroatoms. The predicted molar refractivity (Wildman–Crippen MR) is 74.3 cm³/mol. The Morgan fingerprint density at radius 2 is 1.89 bits per heavy atom. The Kier molecular flexibility index (Phi) is 4.75. The quantitative estimate of drug-likeness (QED) is 0.912. The molecule has 0 radical (unpaired) electrons. The van der Waals surface area contributed by atoms with Crippen molar-refractivity contribution in [1.82, 2.24) is 0 Å². The largest absolute Gasteiger partial charge is 0.367 e. The van der Waals surface area contributed by atoms with E-state index in [-0.39, 0.29) is 5.69 Å². The fourth-order valence-electron chi connectivity index (χ4n) is 2.72. The molecule has 1 heterocycles. The Hall–Kier alpha value is -1.16. The molecule has 1 aliphatic rings. The molecule has 0 aliphatic carbocycles. The summed E-state index contributed by atoms with van der Waals surface area (Å²) in [7, 11) is 0. The Morgan fingerprint density at radius 3 is 2.53 bits per heavy atom. The second kappa shape index (κ2) is 6.33. The molecule has 2 rings (SSSR count). The highest BCUT2D eigenvalue weighted by molar-refractivity contribution is 5.51. The second-order valence-corrected chi connectivity index (χ2v) is 5.47. The minimum Gasteiger partial charge on any atom is -0.367 e. The average molecular weight is 268 g/mol. The van der Waals surface area contributed by atoms with Gasteiger partial charge in [-0.25, -0.2) is 8.78 Å². The molecule has 0 amide bonds. The number of hydrogen-bond donors (Lipinski definition) is 1. The monoisotopic (exact) mass is 268 g/mol. The van der Waals surface area contributed by atoms with Crippen LogP contribution in [0, 0.1) is 17.6 Å². The van der Waals surface area contributed by atoms with E-state index in [9.17, 15) is 8.78 Å². The van der Waals surface area contributed by atoms with Gasteiger partial charge in [0.15, 0.2) is 0 Å². The lowest BCUT2D eigenvalue weighted by atomic mass is 10.0. The zero-order chi connectivity index (χ0) is 13.8. The van der Waals surface area contributed by atoms with Gasteiger partial charge in [0.1, 0.15) is 17.3 Å². The zero-order valence-electron chi connectivity index (χ0n) is 11.5. The average Bonchev–Trinajstić information content (AvgIpc) is 2.54. The summed E-state index contributed by atoms with van der Waals surface area (Å²) in [6.45, 7) is 4.06. The molecule has 19 heavy (non-hydrogen) atoms. The maximum absolute atomic E-state index is 14.1. The molecule has 106 valence electrons. The van der Waals surface area contributed by atoms with Crippen molar-refractivity contribution in [1.29, 1.82) is 0 Å². The number of halogens is 2. The summed E-state index contributed by atoms with van der Waals surface area (Å²) in [5, 5.41) is 0. The normalized spacial score (nSPS) is 20.4. The Bertz CT molecular complexity index is 411. The maximum atomic E-state index is 14.1. The number of nitrogens with two attached hydrogens (primary N) is 1. The minimum absolute atomic E-state index is 0.134. The molecule has 0 saturated carbocycles. The van der Waals surface area contributed by atoms with Gasteiger partial charge >= 0.3 is 0 Å². The van der Waals surface area contributed by atoms with Gasteiger partial charge in [-0.15, -0.1) is 0 Å². The minimum atomic E-state index is -0.460. The molecule has 1 aliphatic heterocycles. The van der Waals surface area contributed by atoms with Crippen molar-refractivity contribution >= 4 is 5.69 Å². The van der Waals surface area contributed by atoms with Gasteiger partial charge in [0, 0.05) is 13.1 Å². The standard InChI is InChI=1S/C15H22F2N2/c1-11-3-2-7-19(8-5-11)15-13(16)9-12(4-6-18)10-14(15)17/h9-11H,2-8,18H2,1H3. The molecule has 1 aromatic carbocycles. The van der Waals surface area contributed by atoms with E-state index in [2.05, 4.69) is 6.92 Å². The van der Waals surface area contributed by atoms with E-state index in [0.29, 0.717) is 24.4 Å². The van der Waals surface area contributed by atoms with Gasteiger partial charge in [-0.2, -0.15) is 0 Å². The Balaban J connectivity index is 2.23. The van der Waals surface area contributed by atoms with E-state index < -0.39 is 11.6 Å². The molecule has 1 unspecified atom stereocenters. The van der Waals surface area contributed by atoms with Crippen molar-refractivity contribution in [2.45, 2.75) is 32.6 Å². The van der Waals surface area contributed by atoms with Crippen LogP contribution >= 0.6 is 0 Å². The molecule has 1 fully saturated rings. The van der Waals surface area contributed by atoms with E-state index in [1.807, 2.05) is 4.90 Å². The van der Waals surface area contributed by atoms with E-state index >= 15 is 0 Å². The van der Waals surface area contributed by atoms with Gasteiger partial charge in [-0.05, 0) is 55.8 Å². The predicted octanol–water partition coefficient (Wildman–Crippen LogP) is 3.09. The first-order valence-corrected chi connectivity index (χ1v) is 7.04. The third-order valence-electron chi connectivity index (χ3n) is 3.84. The molecule has 2 N–H and O–H groups in total. The van der Waals surface area contributed by atoms with Gasteiger partial charge < -0.3 is 10.6 Å². The van der Waals surface area contributed by atoms with Crippen molar-refractivity contribution in [3.05, 3.63) is 29.3 Å². The first-order valence-electron chi connectivity index (χ1n) is 7.04. The highest BCUT2D eigenvalue weighted by atomic mass is 19.1. The molecule has 1 atom stereocenters. The third kappa shape index (κ3) is 3.44. The van der Waals surface area contributed by atoms with Crippen LogP contribution in [0.1, 0.15) is 31.7 Å². The summed E-state index contributed by atoms with van der Waals surface area (Å²) in [6, 6.07) is 2.83. The second-order valence-electron chi connectivity index (χ2n) is 5.47. The van der Waals surface area contributed by atoms with E-state index in [1.165, 1.54) is 12.1 Å². The summed E-state index contributed by atoms with van der Waals surface area (Å²) in [5.74, 6) is -0.288. The van der Waals surface area contributed by atoms with Gasteiger partial charge in [-0.1, -0.05) is 6.92 Å². The SMILES string of the molecule is CC1CCCN(c2c(F)cc(CCN)cc2F)CC1. The fourth-order valence-corrected chi connectivity index (χ4v) is 2.72. The number of rotatable bonds is 3. The van der Waals surface area contributed by atoms with E-state index in [0.717, 1.165) is 32.4 Å². The van der Waals surface area contributed by atoms with Crippen LogP contribution in [-0.2, 0) is 6.42 Å². The summed E-state index contributed by atoms with van der Waals surface area (Å²) >= 11 is 0. The van der Waals surface area contributed by atoms with E-state index in [4.69, 9.17) is 5.73 Å². The van der Waals surface area contributed by atoms with Crippen molar-refractivity contribution in [3.8, 4) is 0 Å². The van der Waals surface area contributed by atoms with Crippen LogP contribution in [0.3, 0.4) is 0 Å². The van der Waals surface area contributed by atoms with Crippen LogP contribution in [0.2, 0.25) is 0 Å². The first kappa shape index (κ1) is 14.3. The zero-order valence-corrected chi connectivity index (χ0v) is 11.5. The number of hydrogen-bond acceptors (Lipinski definition) is 2. The lowest BCUT2D eigenvalue weighted by molar-refractivity contribution is 0.519. The van der Waals surface area contributed by atoms with Crippen LogP contribution in [-0.4, -0.2) is 19.6 Å². The Morgan fingerprint density at radius 1 is 1.21 bits per heavy atom. The molecule has 0 aromatic heterocycles. The fraction of sp³-hybridized carbons (Fsp3) is 0.600. The number of benzene rings is 1. The maximum Gasteiger partial charge on any atom is 0.149 e. The molecular formula is C15H22F2N2. The van der Waals surface area contributed by atoms with Crippen LogP contribution in [0.25, 0.3) is 0 Å². The summed E-state index contributed by atoms with van der Waals surface area (Å²) in [4.78, 5) is 1.85. The molecule has 0 bridgehead atoms. The van der Waals surface area contributed by atoms with Crippen molar-refractivity contribution in [3.63, 3.8) is 0 Å². The Labute approximate surface area is 113 Å². The lowest BCUT2D eigenvalue weighted by Crippen LogP contribution is -2.26. The van der Waals surface area contributed by atoms with Crippen molar-refractivity contribution < 1.29 is 8.78 Å². The van der Waals surface area contributed by atoms with E-state index in [1.54, 1.807) is 0 Å². The van der Waals surface area contributed by atoms with Gasteiger partial charge in [0.25, 0.3) is 0 Å². The highest BCUT2D eigenvalue weighted by Crippen LogP contribution is 2.28. The summed E-state index contributed by atoms with van der Waals surface area (Å²) in [5.41, 5.74) is 6.19. The van der Waals surface area contributed by atoms with Crippen LogP contribution < -0.4 is 10.6 Å². The number of anilines is 1. The third-order valence-corrected chi connectivity index (χ3v) is 3.84. The summed E-state index contributed by atoms with van der Waals surface area (Å²) in [6.07, 6.45) is 3.62. The number of nitrogens with zero attached hydrogens (tertiary/aromatic N) is 1. The highest BCUT2D eigenvalue weighted by Gasteiger charge is 2.20. The van der Waals surface area contributed by atoms with Crippen LogP contribution in [0.5, 0.6) is 0 Å². The van der Waals surface area contributed by atoms with Gasteiger partial charge in [0.2, 0.25) is 0 Å². The summed E-state index contributed by atoms with van der Waals surface area (Å²) < 4.78 is 28.3. The molecule has 1 aromatic rings. The van der Waals surface area contributed by atoms with Crippen LogP contribution in [0.4, 0.5) is 14.5 Å².